The first-order valence-electron chi connectivity index (χ1n) is 6.45. The lowest BCUT2D eigenvalue weighted by Crippen LogP contribution is -1.91. The van der Waals surface area contributed by atoms with Gasteiger partial charge in [0.15, 0.2) is 5.58 Å². The van der Waals surface area contributed by atoms with E-state index in [4.69, 9.17) is 8.21 Å². The molecule has 98 valence electrons. The fourth-order valence-electron chi connectivity index (χ4n) is 2.46. The first-order valence-corrected chi connectivity index (χ1v) is 6.92. The molecule has 0 amide bonds. The highest BCUT2D eigenvalue weighted by atomic mass is 27.1. The lowest BCUT2D eigenvalue weighted by Gasteiger charge is -2.08. The zero-order valence-corrected chi connectivity index (χ0v) is 12.1. The van der Waals surface area contributed by atoms with Gasteiger partial charge in [-0.25, -0.2) is 0 Å². The van der Waals surface area contributed by atoms with E-state index >= 15 is 0 Å². The minimum Gasteiger partial charge on any atom is -0.653 e. The van der Waals surface area contributed by atoms with Gasteiger partial charge in [-0.1, -0.05) is 18.2 Å². The second-order valence-electron chi connectivity index (χ2n) is 4.65. The van der Waals surface area contributed by atoms with Gasteiger partial charge in [0.1, 0.15) is 5.58 Å². The van der Waals surface area contributed by atoms with Crippen molar-refractivity contribution in [2.45, 2.75) is 0 Å². The Labute approximate surface area is 129 Å². The molecule has 0 N–H and O–H groups in total. The number of nitrogens with zero attached hydrogens (tertiary/aromatic N) is 2. The molecule has 4 aromatic rings. The normalized spacial score (nSPS) is 11.0. The number of rotatable bonds is 2. The summed E-state index contributed by atoms with van der Waals surface area (Å²) in [4.78, 5) is 8.61. The third-order valence-electron chi connectivity index (χ3n) is 3.45. The van der Waals surface area contributed by atoms with Crippen LogP contribution in [0.4, 0.5) is 0 Å². The highest BCUT2D eigenvalue weighted by Gasteiger charge is 2.11. The van der Waals surface area contributed by atoms with Crippen molar-refractivity contribution in [3.05, 3.63) is 55.0 Å². The molecule has 3 heterocycles. The van der Waals surface area contributed by atoms with Crippen molar-refractivity contribution in [2.75, 3.05) is 0 Å². The smallest absolute Gasteiger partial charge is 0.482 e. The Kier molecular flexibility index (Phi) is 2.88. The largest absolute Gasteiger partial charge is 0.653 e. The fraction of sp³-hybridized carbons (Fsp3) is 0. The topological polar surface area (TPSA) is 48.2 Å². The van der Waals surface area contributed by atoms with Crippen LogP contribution in [0.5, 0.6) is 5.75 Å². The number of benzene rings is 1. The molecular formula is C16H9AlN2O2. The average Bonchev–Trinajstić information content (AvgIpc) is 2.92. The maximum absolute atomic E-state index is 5.79. The van der Waals surface area contributed by atoms with E-state index in [0.717, 1.165) is 38.9 Å². The summed E-state index contributed by atoms with van der Waals surface area (Å²) >= 11 is 2.25. The van der Waals surface area contributed by atoms with Gasteiger partial charge in [0, 0.05) is 23.2 Å². The van der Waals surface area contributed by atoms with Crippen LogP contribution in [0.3, 0.4) is 0 Å². The zero-order valence-electron chi connectivity index (χ0n) is 11.0. The van der Waals surface area contributed by atoms with E-state index in [1.807, 2.05) is 36.4 Å². The van der Waals surface area contributed by atoms with Gasteiger partial charge < -0.3 is 8.21 Å². The zero-order chi connectivity index (χ0) is 14.2. The maximum atomic E-state index is 5.79. The van der Waals surface area contributed by atoms with Crippen LogP contribution in [0.25, 0.3) is 33.2 Å². The lowest BCUT2D eigenvalue weighted by atomic mass is 10.1. The van der Waals surface area contributed by atoms with Crippen LogP contribution in [-0.4, -0.2) is 26.6 Å². The second kappa shape index (κ2) is 4.89. The molecule has 0 aliphatic rings. The number of aromatic nitrogens is 2. The summed E-state index contributed by atoms with van der Waals surface area (Å²) in [6, 6.07) is 11.8. The molecule has 3 aromatic heterocycles. The monoisotopic (exact) mass is 288 g/mol. The Hall–Kier alpha value is -2.35. The molecule has 0 bridgehead atoms. The number of pyridine rings is 2. The van der Waals surface area contributed by atoms with Gasteiger partial charge in [0.25, 0.3) is 0 Å². The standard InChI is InChI=1S/C16H10N2O2.Al/c19-14-5-6-17-8-12(14)13-7-11-10-3-1-2-4-15(10)20-16(11)9-18-13;/h1-9H,(H,17,19);/q;+1/p-1. The van der Waals surface area contributed by atoms with E-state index in [2.05, 4.69) is 26.6 Å². The molecule has 0 saturated heterocycles. The molecule has 2 radical (unpaired) electrons. The van der Waals surface area contributed by atoms with Crippen LogP contribution in [-0.2, 0) is 0 Å². The van der Waals surface area contributed by atoms with E-state index in [9.17, 15) is 0 Å². The van der Waals surface area contributed by atoms with Crippen LogP contribution < -0.4 is 3.79 Å². The Balaban J connectivity index is 2.00. The van der Waals surface area contributed by atoms with Crippen LogP contribution in [0, 0.1) is 0 Å². The summed E-state index contributed by atoms with van der Waals surface area (Å²) in [7, 11) is 0. The molecule has 0 unspecified atom stereocenters. The van der Waals surface area contributed by atoms with Gasteiger partial charge in [0.05, 0.1) is 23.2 Å². The van der Waals surface area contributed by atoms with E-state index in [0.29, 0.717) is 0 Å². The van der Waals surface area contributed by atoms with Gasteiger partial charge in [-0.2, -0.15) is 0 Å². The van der Waals surface area contributed by atoms with Crippen LogP contribution in [0.2, 0.25) is 0 Å². The van der Waals surface area contributed by atoms with Crippen molar-refractivity contribution in [1.29, 1.82) is 0 Å². The first kappa shape index (κ1) is 12.4. The van der Waals surface area contributed by atoms with Gasteiger partial charge >= 0.3 is 16.6 Å². The Morgan fingerprint density at radius 2 is 1.90 bits per heavy atom. The van der Waals surface area contributed by atoms with Crippen molar-refractivity contribution in [3.63, 3.8) is 0 Å². The third kappa shape index (κ3) is 1.99. The van der Waals surface area contributed by atoms with E-state index in [1.165, 1.54) is 0 Å². The van der Waals surface area contributed by atoms with Crippen LogP contribution in [0.15, 0.2) is 59.4 Å². The molecule has 0 fully saturated rings. The highest BCUT2D eigenvalue weighted by Crippen LogP contribution is 2.33. The van der Waals surface area contributed by atoms with E-state index < -0.39 is 0 Å². The predicted octanol–water partition coefficient (Wildman–Crippen LogP) is 3.51. The van der Waals surface area contributed by atoms with Gasteiger partial charge in [-0.15, -0.1) is 0 Å². The Bertz CT molecular complexity index is 949. The third-order valence-corrected chi connectivity index (χ3v) is 3.70. The Morgan fingerprint density at radius 1 is 1.00 bits per heavy atom. The van der Waals surface area contributed by atoms with Crippen molar-refractivity contribution >= 4 is 38.6 Å². The predicted molar refractivity (Wildman–Crippen MR) is 81.1 cm³/mol. The van der Waals surface area contributed by atoms with Crippen molar-refractivity contribution in [1.82, 2.24) is 9.97 Å². The maximum Gasteiger partial charge on any atom is 0.482 e. The fourth-order valence-corrected chi connectivity index (χ4v) is 2.66. The average molecular weight is 288 g/mol. The van der Waals surface area contributed by atoms with Crippen LogP contribution in [0.1, 0.15) is 0 Å². The molecule has 1 aromatic carbocycles. The molecule has 0 aliphatic carbocycles. The number of para-hydroxylation sites is 1. The van der Waals surface area contributed by atoms with E-state index in [-0.39, 0.29) is 0 Å². The van der Waals surface area contributed by atoms with Crippen LogP contribution >= 0.6 is 0 Å². The molecule has 0 saturated carbocycles. The molecule has 21 heavy (non-hydrogen) atoms. The summed E-state index contributed by atoms with van der Waals surface area (Å²) < 4.78 is 11.1. The Morgan fingerprint density at radius 3 is 2.81 bits per heavy atom. The van der Waals surface area contributed by atoms with Gasteiger partial charge in [-0.05, 0) is 18.2 Å². The summed E-state index contributed by atoms with van der Waals surface area (Å²) in [5, 5.41) is 2.11. The van der Waals surface area contributed by atoms with Gasteiger partial charge in [0.2, 0.25) is 0 Å². The summed E-state index contributed by atoms with van der Waals surface area (Å²) in [6.07, 6.45) is 5.18. The summed E-state index contributed by atoms with van der Waals surface area (Å²) in [5.41, 5.74) is 3.29. The quantitative estimate of drug-likeness (QED) is 0.530. The molecule has 4 rings (SSSR count). The minimum absolute atomic E-state index is 0.717. The molecule has 0 spiro atoms. The van der Waals surface area contributed by atoms with Crippen molar-refractivity contribution in [2.24, 2.45) is 0 Å². The van der Waals surface area contributed by atoms with Crippen molar-refractivity contribution < 1.29 is 8.21 Å². The first-order chi connectivity index (χ1) is 10.4. The number of hydrogen-bond donors (Lipinski definition) is 0. The number of fused-ring (bicyclic) bond motifs is 3. The highest BCUT2D eigenvalue weighted by molar-refractivity contribution is 6.06. The van der Waals surface area contributed by atoms with Gasteiger partial charge in [-0.3, -0.25) is 9.97 Å². The molecule has 0 atom stereocenters. The summed E-state index contributed by atoms with van der Waals surface area (Å²) in [5.74, 6) is 0.717. The molecule has 0 aliphatic heterocycles. The summed E-state index contributed by atoms with van der Waals surface area (Å²) in [6.45, 7) is 0. The number of hydrogen-bond acceptors (Lipinski definition) is 4. The van der Waals surface area contributed by atoms with Crippen molar-refractivity contribution in [3.8, 4) is 17.0 Å². The minimum atomic E-state index is 0.717. The SMILES string of the molecule is [Al][O]c1ccncc1-c1cc2c(cn1)oc1ccccc12. The second-order valence-corrected chi connectivity index (χ2v) is 4.89. The molecule has 5 heteroatoms. The lowest BCUT2D eigenvalue weighted by molar-refractivity contribution is 0.617. The number of furan rings is 1. The molecular weight excluding hydrogens is 279 g/mol. The van der Waals surface area contributed by atoms with E-state index in [1.54, 1.807) is 18.6 Å². The molecule has 4 nitrogen and oxygen atoms in total.